The number of likely N-dealkylation sites (N-methyl/N-ethyl adjacent to an activating group) is 1. The summed E-state index contributed by atoms with van der Waals surface area (Å²) in [6, 6.07) is 9.90. The molecule has 2 aromatic heterocycles. The Morgan fingerprint density at radius 1 is 1.19 bits per heavy atom. The minimum absolute atomic E-state index is 0.00443. The standard InChI is InChI=1S/C29H38N6O6S2/c1-34(15-16-35-13-3-4-14-35)25-11-10-24-28(31-25)42-29(30-24)32-27(36)26(33-41-22-12-18-40-20-22)21-6-8-23(9-7-21)43(37,38)19-5-17-39-2/h6-11,22H,3-5,12-20H2,1-2H3,(H,30,32,36)/b33-26+/t22-/m1/s1. The Morgan fingerprint density at radius 2 is 1.98 bits per heavy atom. The number of likely N-dealkylation sites (tertiary alicyclic amines) is 1. The molecule has 5 rings (SSSR count). The first-order chi connectivity index (χ1) is 20.8. The van der Waals surface area contributed by atoms with Crippen LogP contribution in [-0.2, 0) is 28.9 Å². The molecule has 0 radical (unpaired) electrons. The van der Waals surface area contributed by atoms with Gasteiger partial charge in [0, 0.05) is 45.8 Å². The maximum absolute atomic E-state index is 13.5. The fourth-order valence-corrected chi connectivity index (χ4v) is 7.03. The molecular weight excluding hydrogens is 592 g/mol. The maximum Gasteiger partial charge on any atom is 0.280 e. The normalized spacial score (nSPS) is 17.9. The number of carbonyl (C=O) groups is 1. The number of anilines is 2. The van der Waals surface area contributed by atoms with E-state index in [2.05, 4.69) is 25.3 Å². The Bertz CT molecular complexity index is 1520. The van der Waals surface area contributed by atoms with Crippen molar-refractivity contribution in [2.24, 2.45) is 5.16 Å². The number of oxime groups is 1. The predicted molar refractivity (Wildman–Crippen MR) is 167 cm³/mol. The van der Waals surface area contributed by atoms with Crippen LogP contribution < -0.4 is 10.2 Å². The van der Waals surface area contributed by atoms with Crippen LogP contribution in [0.5, 0.6) is 0 Å². The summed E-state index contributed by atoms with van der Waals surface area (Å²) in [5, 5.41) is 7.38. The molecule has 1 amide bonds. The fourth-order valence-electron chi connectivity index (χ4n) is 4.92. The van der Waals surface area contributed by atoms with Crippen LogP contribution in [0.2, 0.25) is 0 Å². The van der Waals surface area contributed by atoms with E-state index < -0.39 is 15.7 Å². The quantitative estimate of drug-likeness (QED) is 0.161. The summed E-state index contributed by atoms with van der Waals surface area (Å²) in [7, 11) is 0.0715. The van der Waals surface area contributed by atoms with E-state index in [0.717, 1.165) is 32.0 Å². The van der Waals surface area contributed by atoms with Crippen molar-refractivity contribution in [2.45, 2.75) is 36.7 Å². The molecule has 2 saturated heterocycles. The molecule has 14 heteroatoms. The average molecular weight is 631 g/mol. The Labute approximate surface area is 255 Å². The summed E-state index contributed by atoms with van der Waals surface area (Å²) >= 11 is 1.28. The summed E-state index contributed by atoms with van der Waals surface area (Å²) in [4.78, 5) is 33.9. The van der Waals surface area contributed by atoms with Crippen LogP contribution in [-0.4, -0.2) is 107 Å². The SMILES string of the molecule is COCCCS(=O)(=O)c1ccc(/C(=N\O[C@@H]2CCOC2)C(=O)Nc2nc3ccc(N(C)CCN4CCCC4)nc3s2)cc1. The van der Waals surface area contributed by atoms with Crippen LogP contribution in [0, 0.1) is 0 Å². The second-order valence-electron chi connectivity index (χ2n) is 10.7. The number of sulfone groups is 1. The summed E-state index contributed by atoms with van der Waals surface area (Å²) in [5.41, 5.74) is 1.09. The molecule has 2 aliphatic rings. The monoisotopic (exact) mass is 630 g/mol. The number of hydrogen-bond donors (Lipinski definition) is 1. The van der Waals surface area contributed by atoms with E-state index >= 15 is 0 Å². The zero-order valence-electron chi connectivity index (χ0n) is 24.5. The van der Waals surface area contributed by atoms with Gasteiger partial charge in [-0.15, -0.1) is 0 Å². The summed E-state index contributed by atoms with van der Waals surface area (Å²) < 4.78 is 35.7. The lowest BCUT2D eigenvalue weighted by atomic mass is 10.1. The van der Waals surface area contributed by atoms with E-state index in [0.29, 0.717) is 53.7 Å². The molecule has 2 aliphatic heterocycles. The van der Waals surface area contributed by atoms with Crippen molar-refractivity contribution in [3.63, 3.8) is 0 Å². The summed E-state index contributed by atoms with van der Waals surface area (Å²) in [6.07, 6.45) is 3.31. The molecule has 1 atom stereocenters. The van der Waals surface area contributed by atoms with Crippen LogP contribution >= 0.6 is 11.3 Å². The number of aromatic nitrogens is 2. The third-order valence-corrected chi connectivity index (χ3v) is 10.1. The van der Waals surface area contributed by atoms with Gasteiger partial charge in [0.25, 0.3) is 5.91 Å². The van der Waals surface area contributed by atoms with E-state index in [9.17, 15) is 13.2 Å². The minimum Gasteiger partial charge on any atom is -0.389 e. The van der Waals surface area contributed by atoms with E-state index in [1.807, 2.05) is 19.2 Å². The highest BCUT2D eigenvalue weighted by Gasteiger charge is 2.23. The Morgan fingerprint density at radius 3 is 2.70 bits per heavy atom. The number of pyridine rings is 1. The van der Waals surface area contributed by atoms with Crippen molar-refractivity contribution in [1.29, 1.82) is 0 Å². The van der Waals surface area contributed by atoms with Crippen LogP contribution in [0.4, 0.5) is 10.9 Å². The molecule has 12 nitrogen and oxygen atoms in total. The van der Waals surface area contributed by atoms with Crippen molar-refractivity contribution in [1.82, 2.24) is 14.9 Å². The maximum atomic E-state index is 13.5. The molecule has 1 N–H and O–H groups in total. The summed E-state index contributed by atoms with van der Waals surface area (Å²) in [5.74, 6) is 0.283. The zero-order valence-corrected chi connectivity index (χ0v) is 26.2. The molecule has 0 saturated carbocycles. The van der Waals surface area contributed by atoms with Gasteiger partial charge in [0.1, 0.15) is 16.2 Å². The van der Waals surface area contributed by atoms with Gasteiger partial charge in [-0.2, -0.15) is 0 Å². The van der Waals surface area contributed by atoms with E-state index in [1.165, 1.54) is 43.4 Å². The van der Waals surface area contributed by atoms with Gasteiger partial charge in [-0.25, -0.2) is 18.4 Å². The molecule has 3 aromatic rings. The molecule has 0 aliphatic carbocycles. The van der Waals surface area contributed by atoms with E-state index in [1.54, 1.807) is 12.1 Å². The number of hydrogen-bond acceptors (Lipinski definition) is 12. The largest absolute Gasteiger partial charge is 0.389 e. The number of ether oxygens (including phenoxy) is 2. The molecule has 2 fully saturated rings. The lowest BCUT2D eigenvalue weighted by molar-refractivity contribution is -0.110. The van der Waals surface area contributed by atoms with Gasteiger partial charge in [-0.05, 0) is 56.6 Å². The number of nitrogens with zero attached hydrogens (tertiary/aromatic N) is 5. The Balaban J connectivity index is 1.30. The van der Waals surface area contributed by atoms with Crippen molar-refractivity contribution >= 4 is 54.1 Å². The second kappa shape index (κ2) is 14.5. The van der Waals surface area contributed by atoms with Gasteiger partial charge in [0.15, 0.2) is 26.8 Å². The van der Waals surface area contributed by atoms with Crippen LogP contribution in [0.1, 0.15) is 31.2 Å². The lowest BCUT2D eigenvalue weighted by Gasteiger charge is -2.22. The van der Waals surface area contributed by atoms with Crippen molar-refractivity contribution in [2.75, 3.05) is 76.1 Å². The molecule has 232 valence electrons. The van der Waals surface area contributed by atoms with E-state index in [4.69, 9.17) is 19.3 Å². The number of benzene rings is 1. The zero-order chi connectivity index (χ0) is 30.2. The highest BCUT2D eigenvalue weighted by atomic mass is 32.2. The van der Waals surface area contributed by atoms with Crippen LogP contribution in [0.3, 0.4) is 0 Å². The number of carbonyl (C=O) groups excluding carboxylic acids is 1. The molecule has 0 bridgehead atoms. The molecule has 43 heavy (non-hydrogen) atoms. The number of nitrogens with one attached hydrogen (secondary N) is 1. The van der Waals surface area contributed by atoms with Gasteiger partial charge >= 0.3 is 0 Å². The molecule has 1 aromatic carbocycles. The summed E-state index contributed by atoms with van der Waals surface area (Å²) in [6.45, 7) is 5.48. The van der Waals surface area contributed by atoms with Crippen LogP contribution in [0.15, 0.2) is 46.4 Å². The number of rotatable bonds is 14. The number of amides is 1. The second-order valence-corrected chi connectivity index (χ2v) is 13.7. The van der Waals surface area contributed by atoms with E-state index in [-0.39, 0.29) is 22.5 Å². The van der Waals surface area contributed by atoms with Gasteiger partial charge in [-0.3, -0.25) is 10.1 Å². The van der Waals surface area contributed by atoms with Crippen molar-refractivity contribution < 1.29 is 27.5 Å². The smallest absolute Gasteiger partial charge is 0.280 e. The first-order valence-corrected chi connectivity index (χ1v) is 17.0. The van der Waals surface area contributed by atoms with Gasteiger partial charge in [0.05, 0.1) is 23.9 Å². The third-order valence-electron chi connectivity index (χ3n) is 7.45. The van der Waals surface area contributed by atoms with Gasteiger partial charge in [0.2, 0.25) is 0 Å². The minimum atomic E-state index is -3.49. The van der Waals surface area contributed by atoms with Gasteiger partial charge < -0.3 is 24.1 Å². The average Bonchev–Trinajstić information content (AvgIpc) is 3.78. The third kappa shape index (κ3) is 8.26. The predicted octanol–water partition coefficient (Wildman–Crippen LogP) is 3.18. The first-order valence-electron chi connectivity index (χ1n) is 14.5. The molecular formula is C29H38N6O6S2. The molecule has 0 unspecified atom stereocenters. The highest BCUT2D eigenvalue weighted by molar-refractivity contribution is 7.91. The first kappa shape index (κ1) is 31.3. The van der Waals surface area contributed by atoms with Crippen LogP contribution in [0.25, 0.3) is 10.3 Å². The number of thiazole rings is 1. The topological polar surface area (TPSA) is 136 Å². The van der Waals surface area contributed by atoms with Gasteiger partial charge in [-0.1, -0.05) is 28.6 Å². The number of methoxy groups -OCH3 is 1. The van der Waals surface area contributed by atoms with Crippen molar-refractivity contribution in [3.8, 4) is 0 Å². The molecule has 4 heterocycles. The lowest BCUT2D eigenvalue weighted by Crippen LogP contribution is -2.31. The fraction of sp³-hybridized carbons (Fsp3) is 0.517. The molecule has 0 spiro atoms. The number of fused-ring (bicyclic) bond motifs is 1. The van der Waals surface area contributed by atoms with Crippen molar-refractivity contribution in [3.05, 3.63) is 42.0 Å². The highest BCUT2D eigenvalue weighted by Crippen LogP contribution is 2.27. The Hall–Kier alpha value is -3.17. The Kier molecular flexibility index (Phi) is 10.6.